The standard InChI is InChI=1S/C17H16N2O2/c1-18(14-8-3-2-4-9-14)16(20)12-19-11-13-7-5-6-10-15(13)17(19)21/h2-10H,11-12H2,1H3. The fraction of sp³-hybridized carbons (Fsp3) is 0.176. The first-order chi connectivity index (χ1) is 10.2. The number of carbonyl (C=O) groups excluding carboxylic acids is 2. The van der Waals surface area contributed by atoms with E-state index in [4.69, 9.17) is 0 Å². The number of hydrogen-bond acceptors (Lipinski definition) is 2. The Morgan fingerprint density at radius 2 is 1.76 bits per heavy atom. The van der Waals surface area contributed by atoms with Crippen LogP contribution in [0.15, 0.2) is 54.6 Å². The summed E-state index contributed by atoms with van der Waals surface area (Å²) >= 11 is 0. The largest absolute Gasteiger partial charge is 0.325 e. The van der Waals surface area contributed by atoms with Gasteiger partial charge in [0.1, 0.15) is 6.54 Å². The number of anilines is 1. The number of para-hydroxylation sites is 1. The molecule has 2 aromatic rings. The van der Waals surface area contributed by atoms with Crippen molar-refractivity contribution >= 4 is 17.5 Å². The zero-order valence-corrected chi connectivity index (χ0v) is 11.8. The average Bonchev–Trinajstić information content (AvgIpc) is 2.84. The van der Waals surface area contributed by atoms with E-state index >= 15 is 0 Å². The Morgan fingerprint density at radius 1 is 1.10 bits per heavy atom. The lowest BCUT2D eigenvalue weighted by Gasteiger charge is -2.21. The number of nitrogens with zero attached hydrogens (tertiary/aromatic N) is 2. The molecule has 4 nitrogen and oxygen atoms in total. The maximum absolute atomic E-state index is 12.3. The maximum Gasteiger partial charge on any atom is 0.254 e. The minimum absolute atomic E-state index is 0.0691. The molecule has 2 aromatic carbocycles. The topological polar surface area (TPSA) is 40.6 Å². The van der Waals surface area contributed by atoms with E-state index in [2.05, 4.69) is 0 Å². The van der Waals surface area contributed by atoms with Crippen LogP contribution in [0.1, 0.15) is 15.9 Å². The molecule has 0 N–H and O–H groups in total. The third-order valence-corrected chi connectivity index (χ3v) is 3.74. The van der Waals surface area contributed by atoms with Crippen LogP contribution in [0.25, 0.3) is 0 Å². The Kier molecular flexibility index (Phi) is 3.44. The molecular formula is C17H16N2O2. The van der Waals surface area contributed by atoms with Gasteiger partial charge in [0.15, 0.2) is 0 Å². The summed E-state index contributed by atoms with van der Waals surface area (Å²) in [5, 5.41) is 0. The van der Waals surface area contributed by atoms with Gasteiger partial charge in [0.05, 0.1) is 0 Å². The molecule has 0 aliphatic carbocycles. The lowest BCUT2D eigenvalue weighted by molar-refractivity contribution is -0.119. The third kappa shape index (κ3) is 2.52. The maximum atomic E-state index is 12.3. The summed E-state index contributed by atoms with van der Waals surface area (Å²) in [6.45, 7) is 0.599. The second kappa shape index (κ2) is 5.40. The van der Waals surface area contributed by atoms with Crippen LogP contribution >= 0.6 is 0 Å². The molecule has 0 radical (unpaired) electrons. The van der Waals surface area contributed by atoms with Crippen molar-refractivity contribution in [3.63, 3.8) is 0 Å². The van der Waals surface area contributed by atoms with Crippen LogP contribution in [-0.2, 0) is 11.3 Å². The predicted octanol–water partition coefficient (Wildman–Crippen LogP) is 2.31. The van der Waals surface area contributed by atoms with Crippen LogP contribution in [0, 0.1) is 0 Å². The minimum atomic E-state index is -0.0950. The molecule has 21 heavy (non-hydrogen) atoms. The quantitative estimate of drug-likeness (QED) is 0.865. The number of carbonyl (C=O) groups is 2. The van der Waals surface area contributed by atoms with E-state index in [0.717, 1.165) is 11.3 Å². The number of fused-ring (bicyclic) bond motifs is 1. The molecule has 2 amide bonds. The van der Waals surface area contributed by atoms with Gasteiger partial charge in [-0.2, -0.15) is 0 Å². The Bertz CT molecular complexity index is 682. The summed E-state index contributed by atoms with van der Waals surface area (Å²) in [4.78, 5) is 27.7. The lowest BCUT2D eigenvalue weighted by Crippen LogP contribution is -2.38. The Balaban J connectivity index is 1.71. The van der Waals surface area contributed by atoms with Gasteiger partial charge in [-0.05, 0) is 23.8 Å². The lowest BCUT2D eigenvalue weighted by atomic mass is 10.1. The van der Waals surface area contributed by atoms with Gasteiger partial charge in [-0.1, -0.05) is 36.4 Å². The summed E-state index contributed by atoms with van der Waals surface area (Å²) in [6.07, 6.45) is 0. The summed E-state index contributed by atoms with van der Waals surface area (Å²) < 4.78 is 0. The van der Waals surface area contributed by atoms with Crippen LogP contribution in [0.2, 0.25) is 0 Å². The zero-order valence-electron chi connectivity index (χ0n) is 11.8. The second-order valence-corrected chi connectivity index (χ2v) is 5.11. The molecule has 1 aliphatic heterocycles. The van der Waals surface area contributed by atoms with Gasteiger partial charge in [0.2, 0.25) is 5.91 Å². The summed E-state index contributed by atoms with van der Waals surface area (Å²) in [5.74, 6) is -0.164. The van der Waals surface area contributed by atoms with Gasteiger partial charge < -0.3 is 9.80 Å². The van der Waals surface area contributed by atoms with E-state index in [9.17, 15) is 9.59 Å². The highest BCUT2D eigenvalue weighted by Gasteiger charge is 2.29. The zero-order chi connectivity index (χ0) is 14.8. The van der Waals surface area contributed by atoms with Gasteiger partial charge in [-0.25, -0.2) is 0 Å². The molecule has 1 heterocycles. The Morgan fingerprint density at radius 3 is 2.48 bits per heavy atom. The van der Waals surface area contributed by atoms with Crippen LogP contribution in [0.3, 0.4) is 0 Å². The Hall–Kier alpha value is -2.62. The van der Waals surface area contributed by atoms with Crippen LogP contribution < -0.4 is 4.90 Å². The molecule has 0 bridgehead atoms. The SMILES string of the molecule is CN(C(=O)CN1Cc2ccccc2C1=O)c1ccccc1. The smallest absolute Gasteiger partial charge is 0.254 e. The first-order valence-electron chi connectivity index (χ1n) is 6.85. The summed E-state index contributed by atoms with van der Waals surface area (Å²) in [7, 11) is 1.73. The van der Waals surface area contributed by atoms with Crippen molar-refractivity contribution in [2.24, 2.45) is 0 Å². The highest BCUT2D eigenvalue weighted by molar-refractivity contribution is 6.02. The normalized spacial score (nSPS) is 13.2. The molecule has 0 fully saturated rings. The van der Waals surface area contributed by atoms with E-state index in [-0.39, 0.29) is 18.4 Å². The van der Waals surface area contributed by atoms with Gasteiger partial charge in [-0.15, -0.1) is 0 Å². The molecular weight excluding hydrogens is 264 g/mol. The third-order valence-electron chi connectivity index (χ3n) is 3.74. The van der Waals surface area contributed by atoms with Crippen molar-refractivity contribution in [2.45, 2.75) is 6.54 Å². The Labute approximate surface area is 123 Å². The van der Waals surface area contributed by atoms with Crippen molar-refractivity contribution < 1.29 is 9.59 Å². The number of hydrogen-bond donors (Lipinski definition) is 0. The van der Waals surface area contributed by atoms with E-state index in [1.807, 2.05) is 54.6 Å². The van der Waals surface area contributed by atoms with Crippen LogP contribution in [-0.4, -0.2) is 30.3 Å². The van der Waals surface area contributed by atoms with Crippen molar-refractivity contribution in [2.75, 3.05) is 18.5 Å². The predicted molar refractivity (Wildman–Crippen MR) is 81.0 cm³/mol. The second-order valence-electron chi connectivity index (χ2n) is 5.11. The van der Waals surface area contributed by atoms with Gasteiger partial charge >= 0.3 is 0 Å². The molecule has 0 aromatic heterocycles. The highest BCUT2D eigenvalue weighted by atomic mass is 16.2. The highest BCUT2D eigenvalue weighted by Crippen LogP contribution is 2.22. The molecule has 1 aliphatic rings. The molecule has 3 rings (SSSR count). The number of likely N-dealkylation sites (N-methyl/N-ethyl adjacent to an activating group) is 1. The van der Waals surface area contributed by atoms with Gasteiger partial charge in [-0.3, -0.25) is 9.59 Å². The minimum Gasteiger partial charge on any atom is -0.325 e. The fourth-order valence-corrected chi connectivity index (χ4v) is 2.51. The molecule has 106 valence electrons. The van der Waals surface area contributed by atoms with E-state index < -0.39 is 0 Å². The molecule has 0 atom stereocenters. The first-order valence-corrected chi connectivity index (χ1v) is 6.85. The number of rotatable bonds is 3. The van der Waals surface area contributed by atoms with Crippen LogP contribution in [0.4, 0.5) is 5.69 Å². The monoisotopic (exact) mass is 280 g/mol. The first kappa shape index (κ1) is 13.4. The van der Waals surface area contributed by atoms with Crippen molar-refractivity contribution in [1.82, 2.24) is 4.90 Å². The van der Waals surface area contributed by atoms with Gasteiger partial charge in [0, 0.05) is 24.8 Å². The van der Waals surface area contributed by atoms with Crippen molar-refractivity contribution in [3.8, 4) is 0 Å². The summed E-state index contributed by atoms with van der Waals surface area (Å²) in [5.41, 5.74) is 2.51. The van der Waals surface area contributed by atoms with E-state index in [1.165, 1.54) is 0 Å². The van der Waals surface area contributed by atoms with E-state index in [1.54, 1.807) is 16.8 Å². The molecule has 0 unspecified atom stereocenters. The van der Waals surface area contributed by atoms with Crippen molar-refractivity contribution in [3.05, 3.63) is 65.7 Å². The van der Waals surface area contributed by atoms with E-state index in [0.29, 0.717) is 12.1 Å². The number of benzene rings is 2. The summed E-state index contributed by atoms with van der Waals surface area (Å²) in [6, 6.07) is 16.9. The van der Waals surface area contributed by atoms with Gasteiger partial charge in [0.25, 0.3) is 5.91 Å². The molecule has 0 saturated heterocycles. The molecule has 4 heteroatoms. The molecule has 0 saturated carbocycles. The number of amides is 2. The van der Waals surface area contributed by atoms with Crippen molar-refractivity contribution in [1.29, 1.82) is 0 Å². The molecule has 0 spiro atoms. The van der Waals surface area contributed by atoms with Crippen LogP contribution in [0.5, 0.6) is 0 Å². The fourth-order valence-electron chi connectivity index (χ4n) is 2.51. The average molecular weight is 280 g/mol.